The van der Waals surface area contributed by atoms with E-state index in [1.807, 2.05) is 6.20 Å². The average Bonchev–Trinajstić information content (AvgIpc) is 2.78. The molecule has 0 aromatic carbocycles. The first kappa shape index (κ1) is 12.6. The van der Waals surface area contributed by atoms with Crippen LogP contribution in [0.1, 0.15) is 64.7 Å². The first-order chi connectivity index (χ1) is 7.98. The Morgan fingerprint density at radius 1 is 1.24 bits per heavy atom. The minimum Gasteiger partial charge on any atom is -0.443 e. The molecule has 2 heterocycles. The molecule has 2 rings (SSSR count). The Bertz CT molecular complexity index is 359. The molecular weight excluding hydrogens is 212 g/mol. The van der Waals surface area contributed by atoms with Gasteiger partial charge in [-0.05, 0) is 32.9 Å². The van der Waals surface area contributed by atoms with E-state index in [1.165, 1.54) is 32.4 Å². The molecule has 3 heteroatoms. The molecule has 96 valence electrons. The van der Waals surface area contributed by atoms with Crippen LogP contribution in [0.5, 0.6) is 0 Å². The first-order valence-corrected chi connectivity index (χ1v) is 6.69. The molecule has 1 fully saturated rings. The van der Waals surface area contributed by atoms with Gasteiger partial charge in [-0.3, -0.25) is 4.90 Å². The van der Waals surface area contributed by atoms with Gasteiger partial charge in [0.15, 0.2) is 0 Å². The molecule has 1 aliphatic heterocycles. The lowest BCUT2D eigenvalue weighted by molar-refractivity contribution is 0.150. The molecule has 1 saturated heterocycles. The smallest absolute Gasteiger partial charge is 0.211 e. The van der Waals surface area contributed by atoms with Crippen molar-refractivity contribution in [2.24, 2.45) is 0 Å². The van der Waals surface area contributed by atoms with Crippen molar-refractivity contribution in [2.75, 3.05) is 13.1 Å². The van der Waals surface area contributed by atoms with E-state index in [2.05, 4.69) is 37.6 Å². The van der Waals surface area contributed by atoms with Crippen molar-refractivity contribution >= 4 is 0 Å². The Balaban J connectivity index is 2.08. The number of nitrogens with zero attached hydrogens (tertiary/aromatic N) is 2. The molecule has 0 radical (unpaired) electrons. The van der Waals surface area contributed by atoms with Crippen LogP contribution in [0.3, 0.4) is 0 Å². The molecule has 0 amide bonds. The Morgan fingerprint density at radius 3 is 2.41 bits per heavy atom. The number of oxazole rings is 1. The summed E-state index contributed by atoms with van der Waals surface area (Å²) in [6, 6.07) is 0.311. The van der Waals surface area contributed by atoms with Crippen molar-refractivity contribution in [3.63, 3.8) is 0 Å². The third-order valence-corrected chi connectivity index (χ3v) is 3.56. The second kappa shape index (κ2) is 4.81. The molecule has 0 spiro atoms. The van der Waals surface area contributed by atoms with Crippen molar-refractivity contribution in [2.45, 2.75) is 58.4 Å². The quantitative estimate of drug-likeness (QED) is 0.786. The van der Waals surface area contributed by atoms with Crippen molar-refractivity contribution in [3.8, 4) is 0 Å². The molecule has 1 aliphatic rings. The van der Waals surface area contributed by atoms with E-state index in [0.29, 0.717) is 6.04 Å². The zero-order chi connectivity index (χ0) is 12.5. The number of aromatic nitrogens is 1. The topological polar surface area (TPSA) is 29.3 Å². The van der Waals surface area contributed by atoms with E-state index >= 15 is 0 Å². The van der Waals surface area contributed by atoms with Gasteiger partial charge in [0.25, 0.3) is 0 Å². The van der Waals surface area contributed by atoms with Crippen molar-refractivity contribution in [1.29, 1.82) is 0 Å². The van der Waals surface area contributed by atoms with Gasteiger partial charge in [0.05, 0.1) is 12.2 Å². The normalized spacial score (nSPS) is 20.5. The molecule has 17 heavy (non-hydrogen) atoms. The van der Waals surface area contributed by atoms with Gasteiger partial charge in [0.2, 0.25) is 5.89 Å². The molecule has 3 nitrogen and oxygen atoms in total. The maximum atomic E-state index is 5.91. The summed E-state index contributed by atoms with van der Waals surface area (Å²) in [4.78, 5) is 6.92. The molecule has 1 aromatic rings. The van der Waals surface area contributed by atoms with Gasteiger partial charge >= 0.3 is 0 Å². The average molecular weight is 236 g/mol. The molecule has 0 bridgehead atoms. The zero-order valence-electron chi connectivity index (χ0n) is 11.5. The third-order valence-electron chi connectivity index (χ3n) is 3.56. The second-order valence-electron chi connectivity index (χ2n) is 6.09. The van der Waals surface area contributed by atoms with Crippen LogP contribution in [0.4, 0.5) is 0 Å². The molecular formula is C14H24N2O. The highest BCUT2D eigenvalue weighted by atomic mass is 16.4. The fraction of sp³-hybridized carbons (Fsp3) is 0.786. The van der Waals surface area contributed by atoms with E-state index in [1.54, 1.807) is 0 Å². The number of likely N-dealkylation sites (tertiary alicyclic amines) is 1. The summed E-state index contributed by atoms with van der Waals surface area (Å²) in [6.07, 6.45) is 5.85. The second-order valence-corrected chi connectivity index (χ2v) is 6.09. The van der Waals surface area contributed by atoms with Crippen LogP contribution in [0, 0.1) is 0 Å². The van der Waals surface area contributed by atoms with E-state index in [4.69, 9.17) is 4.42 Å². The number of rotatable bonds is 2. The lowest BCUT2D eigenvalue weighted by atomic mass is 9.94. The van der Waals surface area contributed by atoms with Crippen LogP contribution < -0.4 is 0 Å². The predicted molar refractivity (Wildman–Crippen MR) is 69.0 cm³/mol. The van der Waals surface area contributed by atoms with Gasteiger partial charge < -0.3 is 4.42 Å². The Morgan fingerprint density at radius 2 is 1.88 bits per heavy atom. The highest BCUT2D eigenvalue weighted by Crippen LogP contribution is 2.28. The Labute approximate surface area is 104 Å². The van der Waals surface area contributed by atoms with Gasteiger partial charge in [-0.1, -0.05) is 27.2 Å². The highest BCUT2D eigenvalue weighted by molar-refractivity contribution is 5.07. The number of piperidine rings is 1. The van der Waals surface area contributed by atoms with Gasteiger partial charge in [-0.2, -0.15) is 0 Å². The lowest BCUT2D eigenvalue weighted by Gasteiger charge is -2.30. The standard InChI is InChI=1S/C14H24N2O/c1-11(16-8-6-5-7-9-16)13-15-10-12(17-13)14(2,3)4/h10-11H,5-9H2,1-4H3. The van der Waals surface area contributed by atoms with E-state index in [9.17, 15) is 0 Å². The van der Waals surface area contributed by atoms with Crippen molar-refractivity contribution in [1.82, 2.24) is 9.88 Å². The minimum absolute atomic E-state index is 0.0485. The summed E-state index contributed by atoms with van der Waals surface area (Å²) in [7, 11) is 0. The molecule has 0 aliphatic carbocycles. The zero-order valence-corrected chi connectivity index (χ0v) is 11.5. The number of hydrogen-bond acceptors (Lipinski definition) is 3. The van der Waals surface area contributed by atoms with Crippen LogP contribution in [0.2, 0.25) is 0 Å². The summed E-state index contributed by atoms with van der Waals surface area (Å²) in [5, 5.41) is 0. The lowest BCUT2D eigenvalue weighted by Crippen LogP contribution is -2.32. The van der Waals surface area contributed by atoms with Crippen molar-refractivity contribution < 1.29 is 4.42 Å². The summed E-state index contributed by atoms with van der Waals surface area (Å²) in [6.45, 7) is 11.0. The maximum absolute atomic E-state index is 5.91. The Hall–Kier alpha value is -0.830. The van der Waals surface area contributed by atoms with Crippen molar-refractivity contribution in [3.05, 3.63) is 17.8 Å². The first-order valence-electron chi connectivity index (χ1n) is 6.69. The highest BCUT2D eigenvalue weighted by Gasteiger charge is 2.25. The predicted octanol–water partition coefficient (Wildman–Crippen LogP) is 3.52. The molecule has 1 aromatic heterocycles. The van der Waals surface area contributed by atoms with Crippen LogP contribution in [-0.2, 0) is 5.41 Å². The maximum Gasteiger partial charge on any atom is 0.211 e. The van der Waals surface area contributed by atoms with E-state index < -0.39 is 0 Å². The summed E-state index contributed by atoms with van der Waals surface area (Å²) in [5.41, 5.74) is 0.0485. The largest absolute Gasteiger partial charge is 0.443 e. The number of hydrogen-bond donors (Lipinski definition) is 0. The Kier molecular flexibility index (Phi) is 3.57. The summed E-state index contributed by atoms with van der Waals surface area (Å²) >= 11 is 0. The summed E-state index contributed by atoms with van der Waals surface area (Å²) < 4.78 is 5.91. The SMILES string of the molecule is CC(c1ncc(C(C)(C)C)o1)N1CCCCC1. The fourth-order valence-electron chi connectivity index (χ4n) is 2.29. The molecule has 0 saturated carbocycles. The van der Waals surface area contributed by atoms with Gasteiger partial charge in [0, 0.05) is 5.41 Å². The monoisotopic (exact) mass is 236 g/mol. The third kappa shape index (κ3) is 2.89. The van der Waals surface area contributed by atoms with Crippen LogP contribution in [-0.4, -0.2) is 23.0 Å². The van der Waals surface area contributed by atoms with E-state index in [0.717, 1.165) is 11.7 Å². The van der Waals surface area contributed by atoms with Gasteiger partial charge in [-0.25, -0.2) is 4.98 Å². The van der Waals surface area contributed by atoms with Gasteiger partial charge in [0.1, 0.15) is 5.76 Å². The summed E-state index contributed by atoms with van der Waals surface area (Å²) in [5.74, 6) is 1.85. The molecule has 0 N–H and O–H groups in total. The fourth-order valence-corrected chi connectivity index (χ4v) is 2.29. The minimum atomic E-state index is 0.0485. The van der Waals surface area contributed by atoms with Crippen LogP contribution >= 0.6 is 0 Å². The van der Waals surface area contributed by atoms with Gasteiger partial charge in [-0.15, -0.1) is 0 Å². The van der Waals surface area contributed by atoms with E-state index in [-0.39, 0.29) is 5.41 Å². The molecule has 1 atom stereocenters. The van der Waals surface area contributed by atoms with Crippen LogP contribution in [0.15, 0.2) is 10.6 Å². The molecule has 1 unspecified atom stereocenters. The van der Waals surface area contributed by atoms with Crippen LogP contribution in [0.25, 0.3) is 0 Å².